The third kappa shape index (κ3) is 7.04. The number of rotatable bonds is 13. The minimum Gasteiger partial charge on any atom is -0.493 e. The van der Waals surface area contributed by atoms with Gasteiger partial charge in [0.2, 0.25) is 0 Å². The van der Waals surface area contributed by atoms with Crippen LogP contribution in [0, 0.1) is 5.82 Å². The molecule has 8 nitrogen and oxygen atoms in total. The summed E-state index contributed by atoms with van der Waals surface area (Å²) in [6, 6.07) is 4.45. The fourth-order valence-electron chi connectivity index (χ4n) is 5.84. The molecule has 0 saturated carbocycles. The first-order chi connectivity index (χ1) is 19.2. The number of ether oxygens (including phenoxy) is 2. The summed E-state index contributed by atoms with van der Waals surface area (Å²) in [6.07, 6.45) is 6.87. The highest BCUT2D eigenvalue weighted by Gasteiger charge is 2.36. The molecular formula is C31H45FN4O4. The minimum absolute atomic E-state index is 0.00284. The normalized spacial score (nSPS) is 17.9. The molecule has 0 spiro atoms. The van der Waals surface area contributed by atoms with E-state index in [1.807, 2.05) is 18.7 Å². The number of halogens is 1. The van der Waals surface area contributed by atoms with Gasteiger partial charge in [-0.1, -0.05) is 20.3 Å². The standard InChI is InChI=1S/C31H45FN4O4/c1-20(2)21-16-25(29(39-5)26(32)17-21)28(31(37)38)36-14-12-23(19-36)40-15-8-6-7-10-22-18-27(35(3)4)24-11-9-13-33-30(24)34-22/h16-18,20,23,28H,6-15,19H2,1-5H3,(H,33,34)(H,37,38)/t23-,28-/m1/s1. The van der Waals surface area contributed by atoms with Crippen LogP contribution in [0.2, 0.25) is 0 Å². The second kappa shape index (κ2) is 13.6. The Morgan fingerprint density at radius 1 is 1.25 bits per heavy atom. The number of carbonyl (C=O) groups is 1. The molecular weight excluding hydrogens is 511 g/mol. The fraction of sp³-hybridized carbons (Fsp3) is 0.613. The summed E-state index contributed by atoms with van der Waals surface area (Å²) in [5.74, 6) is -0.428. The zero-order valence-corrected chi connectivity index (χ0v) is 24.6. The number of aryl methyl sites for hydroxylation is 1. The van der Waals surface area contributed by atoms with Crippen molar-refractivity contribution in [3.63, 3.8) is 0 Å². The van der Waals surface area contributed by atoms with Gasteiger partial charge in [0.05, 0.1) is 13.2 Å². The lowest BCUT2D eigenvalue weighted by Gasteiger charge is -2.27. The van der Waals surface area contributed by atoms with Crippen LogP contribution < -0.4 is 15.0 Å². The van der Waals surface area contributed by atoms with E-state index in [0.29, 0.717) is 25.3 Å². The molecule has 4 rings (SSSR count). The Balaban J connectivity index is 1.27. The molecule has 3 heterocycles. The first kappa shape index (κ1) is 30.1. The van der Waals surface area contributed by atoms with Gasteiger partial charge in [0.25, 0.3) is 0 Å². The zero-order chi connectivity index (χ0) is 28.8. The van der Waals surface area contributed by atoms with E-state index in [4.69, 9.17) is 14.5 Å². The largest absolute Gasteiger partial charge is 0.493 e. The second-order valence-corrected chi connectivity index (χ2v) is 11.5. The molecule has 1 aromatic carbocycles. The number of nitrogens with one attached hydrogen (secondary N) is 1. The van der Waals surface area contributed by atoms with Gasteiger partial charge in [0.1, 0.15) is 11.9 Å². The summed E-state index contributed by atoms with van der Waals surface area (Å²) >= 11 is 0. The molecule has 0 aliphatic carbocycles. The highest BCUT2D eigenvalue weighted by Crippen LogP contribution is 2.37. The number of carboxylic acids is 1. The van der Waals surface area contributed by atoms with E-state index in [2.05, 4.69) is 30.4 Å². The molecule has 2 atom stereocenters. The van der Waals surface area contributed by atoms with Gasteiger partial charge in [0.15, 0.2) is 11.6 Å². The minimum atomic E-state index is -1.01. The predicted molar refractivity (Wildman–Crippen MR) is 156 cm³/mol. The van der Waals surface area contributed by atoms with Crippen molar-refractivity contribution in [1.82, 2.24) is 9.88 Å². The summed E-state index contributed by atoms with van der Waals surface area (Å²) in [6.45, 7) is 6.61. The van der Waals surface area contributed by atoms with Crippen molar-refractivity contribution < 1.29 is 23.8 Å². The lowest BCUT2D eigenvalue weighted by Crippen LogP contribution is -2.34. The number of fused-ring (bicyclic) bond motifs is 1. The van der Waals surface area contributed by atoms with Crippen LogP contribution in [0.5, 0.6) is 5.75 Å². The van der Waals surface area contributed by atoms with E-state index < -0.39 is 17.8 Å². The van der Waals surface area contributed by atoms with Crippen LogP contribution in [0.25, 0.3) is 0 Å². The number of methoxy groups -OCH3 is 1. The average Bonchev–Trinajstić information content (AvgIpc) is 3.37. The van der Waals surface area contributed by atoms with Crippen molar-refractivity contribution in [1.29, 1.82) is 0 Å². The first-order valence-corrected chi connectivity index (χ1v) is 14.6. The molecule has 220 valence electrons. The van der Waals surface area contributed by atoms with Crippen molar-refractivity contribution in [2.75, 3.05) is 57.7 Å². The monoisotopic (exact) mass is 556 g/mol. The third-order valence-electron chi connectivity index (χ3n) is 8.00. The van der Waals surface area contributed by atoms with Crippen LogP contribution in [0.4, 0.5) is 15.9 Å². The highest BCUT2D eigenvalue weighted by atomic mass is 19.1. The van der Waals surface area contributed by atoms with E-state index in [9.17, 15) is 14.3 Å². The lowest BCUT2D eigenvalue weighted by molar-refractivity contribution is -0.143. The first-order valence-electron chi connectivity index (χ1n) is 14.6. The Morgan fingerprint density at radius 3 is 2.75 bits per heavy atom. The maximum absolute atomic E-state index is 14.8. The van der Waals surface area contributed by atoms with Crippen molar-refractivity contribution in [3.8, 4) is 5.75 Å². The van der Waals surface area contributed by atoms with Gasteiger partial charge in [-0.15, -0.1) is 0 Å². The van der Waals surface area contributed by atoms with Crippen LogP contribution in [-0.2, 0) is 22.4 Å². The van der Waals surface area contributed by atoms with E-state index in [-0.39, 0.29) is 17.8 Å². The second-order valence-electron chi connectivity index (χ2n) is 11.5. The van der Waals surface area contributed by atoms with Gasteiger partial charge >= 0.3 is 5.97 Å². The van der Waals surface area contributed by atoms with Crippen LogP contribution in [0.3, 0.4) is 0 Å². The lowest BCUT2D eigenvalue weighted by atomic mass is 9.95. The molecule has 0 unspecified atom stereocenters. The highest BCUT2D eigenvalue weighted by molar-refractivity contribution is 5.77. The Kier molecular flexibility index (Phi) is 10.2. The summed E-state index contributed by atoms with van der Waals surface area (Å²) in [7, 11) is 5.56. The number of hydrogen-bond donors (Lipinski definition) is 2. The molecule has 2 aromatic rings. The van der Waals surface area contributed by atoms with Gasteiger partial charge in [-0.05, 0) is 68.2 Å². The predicted octanol–water partition coefficient (Wildman–Crippen LogP) is 5.41. The Labute approximate surface area is 237 Å². The van der Waals surface area contributed by atoms with Crippen molar-refractivity contribution in [3.05, 3.63) is 46.4 Å². The third-order valence-corrected chi connectivity index (χ3v) is 8.00. The molecule has 0 radical (unpaired) electrons. The molecule has 9 heteroatoms. The molecule has 1 aromatic heterocycles. The number of nitrogens with zero attached hydrogens (tertiary/aromatic N) is 3. The van der Waals surface area contributed by atoms with Gasteiger partial charge in [-0.25, -0.2) is 9.37 Å². The number of aliphatic carboxylic acids is 1. The van der Waals surface area contributed by atoms with Gasteiger partial charge in [0, 0.05) is 62.8 Å². The Hall–Kier alpha value is -2.91. The van der Waals surface area contributed by atoms with Gasteiger partial charge < -0.3 is 24.8 Å². The molecule has 2 aliphatic rings. The van der Waals surface area contributed by atoms with Crippen molar-refractivity contribution in [2.24, 2.45) is 0 Å². The molecule has 1 saturated heterocycles. The fourth-order valence-corrected chi connectivity index (χ4v) is 5.84. The number of carboxylic acid groups (broad SMARTS) is 1. The number of pyridine rings is 1. The van der Waals surface area contributed by atoms with Gasteiger partial charge in [-0.3, -0.25) is 9.69 Å². The van der Waals surface area contributed by atoms with Crippen LogP contribution >= 0.6 is 0 Å². The number of likely N-dealkylation sites (tertiary alicyclic amines) is 1. The molecule has 2 N–H and O–H groups in total. The smallest absolute Gasteiger partial charge is 0.325 e. The topological polar surface area (TPSA) is 87.2 Å². The van der Waals surface area contributed by atoms with E-state index in [1.165, 1.54) is 24.4 Å². The van der Waals surface area contributed by atoms with E-state index in [1.54, 1.807) is 6.07 Å². The molecule has 0 amide bonds. The summed E-state index contributed by atoms with van der Waals surface area (Å²) in [5.41, 5.74) is 4.82. The molecule has 0 bridgehead atoms. The maximum Gasteiger partial charge on any atom is 0.325 e. The van der Waals surface area contributed by atoms with Crippen LogP contribution in [-0.4, -0.2) is 74.5 Å². The van der Waals surface area contributed by atoms with Crippen molar-refractivity contribution >= 4 is 17.5 Å². The number of benzene rings is 1. The molecule has 1 fully saturated rings. The van der Waals surface area contributed by atoms with Gasteiger partial charge in [-0.2, -0.15) is 0 Å². The Bertz CT molecular complexity index is 1170. The summed E-state index contributed by atoms with van der Waals surface area (Å²) in [4.78, 5) is 21.3. The van der Waals surface area contributed by atoms with E-state index in [0.717, 1.165) is 68.6 Å². The number of aromatic nitrogens is 1. The van der Waals surface area contributed by atoms with E-state index >= 15 is 0 Å². The quantitative estimate of drug-likeness (QED) is 0.317. The van der Waals surface area contributed by atoms with Crippen molar-refractivity contribution in [2.45, 2.75) is 76.9 Å². The van der Waals surface area contributed by atoms with Crippen LogP contribution in [0.15, 0.2) is 18.2 Å². The summed E-state index contributed by atoms with van der Waals surface area (Å²) < 4.78 is 26.2. The number of unbranched alkanes of at least 4 members (excludes halogenated alkanes) is 2. The summed E-state index contributed by atoms with van der Waals surface area (Å²) in [5, 5.41) is 13.6. The number of hydrogen-bond acceptors (Lipinski definition) is 7. The molecule has 2 aliphatic heterocycles. The Morgan fingerprint density at radius 2 is 2.05 bits per heavy atom. The SMILES string of the molecule is COc1c(F)cc(C(C)C)cc1[C@H](C(=O)O)N1CC[C@@H](OCCCCCc2cc(N(C)C)c3c(n2)NCCC3)C1. The van der Waals surface area contributed by atoms with Crippen LogP contribution in [0.1, 0.15) is 80.3 Å². The maximum atomic E-state index is 14.8. The number of anilines is 2. The zero-order valence-electron chi connectivity index (χ0n) is 24.6. The average molecular weight is 557 g/mol. The molecule has 40 heavy (non-hydrogen) atoms.